The molecule has 0 aromatic rings. The first-order chi connectivity index (χ1) is 10.8. The predicted octanol–water partition coefficient (Wildman–Crippen LogP) is 3.22. The average Bonchev–Trinajstić information content (AvgIpc) is 2.51. The quantitative estimate of drug-likeness (QED) is 0.832. The van der Waals surface area contributed by atoms with Crippen molar-refractivity contribution >= 4 is 6.09 Å². The zero-order chi connectivity index (χ0) is 17.0. The van der Waals surface area contributed by atoms with Crippen LogP contribution in [0.3, 0.4) is 0 Å². The average molecular weight is 327 g/mol. The van der Waals surface area contributed by atoms with Gasteiger partial charge in [-0.15, -0.1) is 0 Å². The fourth-order valence-electron chi connectivity index (χ4n) is 3.63. The van der Waals surface area contributed by atoms with Gasteiger partial charge in [0.05, 0.1) is 12.2 Å². The van der Waals surface area contributed by atoms with Crippen LogP contribution in [0.5, 0.6) is 0 Å². The van der Waals surface area contributed by atoms with Gasteiger partial charge in [0.1, 0.15) is 5.60 Å². The van der Waals surface area contributed by atoms with Crippen LogP contribution in [0.4, 0.5) is 4.79 Å². The van der Waals surface area contributed by atoms with Crippen LogP contribution in [0.1, 0.15) is 78.6 Å². The third kappa shape index (κ3) is 5.08. The van der Waals surface area contributed by atoms with Gasteiger partial charge in [-0.25, -0.2) is 4.79 Å². The summed E-state index contributed by atoms with van der Waals surface area (Å²) in [4.78, 5) is 14.8. The van der Waals surface area contributed by atoms with Crippen molar-refractivity contribution in [1.29, 1.82) is 0 Å². The monoisotopic (exact) mass is 327 g/mol. The Morgan fingerprint density at radius 3 is 1.70 bits per heavy atom. The first-order valence-corrected chi connectivity index (χ1v) is 9.20. The number of amides is 1. The Morgan fingerprint density at radius 1 is 0.957 bits per heavy atom. The Balaban J connectivity index is 2.09. The number of rotatable bonds is 4. The van der Waals surface area contributed by atoms with E-state index >= 15 is 0 Å². The largest absolute Gasteiger partial charge is 0.443 e. The van der Waals surface area contributed by atoms with E-state index < -0.39 is 5.60 Å². The number of hydrogen-bond acceptors (Lipinski definition) is 4. The highest BCUT2D eigenvalue weighted by Gasteiger charge is 2.37. The number of carbonyl (C=O) groups excluding carboxylic acids is 1. The maximum absolute atomic E-state index is 12.9. The van der Waals surface area contributed by atoms with E-state index in [1.807, 2.05) is 25.7 Å². The van der Waals surface area contributed by atoms with E-state index in [2.05, 4.69) is 0 Å². The molecule has 2 fully saturated rings. The van der Waals surface area contributed by atoms with Crippen LogP contribution in [0.25, 0.3) is 0 Å². The number of carbonyl (C=O) groups is 1. The molecule has 0 unspecified atom stereocenters. The molecule has 23 heavy (non-hydrogen) atoms. The van der Waals surface area contributed by atoms with Crippen molar-refractivity contribution in [2.45, 2.75) is 108 Å². The van der Waals surface area contributed by atoms with E-state index in [-0.39, 0.29) is 30.4 Å². The van der Waals surface area contributed by atoms with Gasteiger partial charge in [-0.05, 0) is 71.6 Å². The van der Waals surface area contributed by atoms with Gasteiger partial charge >= 0.3 is 6.09 Å². The molecule has 0 saturated heterocycles. The second-order valence-electron chi connectivity index (χ2n) is 7.81. The minimum atomic E-state index is -0.461. The summed E-state index contributed by atoms with van der Waals surface area (Å²) in [6.45, 7) is 5.90. The molecule has 2 aliphatic carbocycles. The molecule has 0 heterocycles. The molecule has 1 amide bonds. The predicted molar refractivity (Wildman–Crippen MR) is 89.2 cm³/mol. The summed E-state index contributed by atoms with van der Waals surface area (Å²) in [5.74, 6) is 0. The lowest BCUT2D eigenvalue weighted by Crippen LogP contribution is -2.52. The van der Waals surface area contributed by atoms with Crippen molar-refractivity contribution in [1.82, 2.24) is 4.90 Å². The van der Waals surface area contributed by atoms with Gasteiger partial charge in [0, 0.05) is 12.1 Å². The normalized spacial score (nSPS) is 32.4. The molecule has 0 aliphatic heterocycles. The van der Waals surface area contributed by atoms with Crippen LogP contribution in [0.15, 0.2) is 0 Å². The van der Waals surface area contributed by atoms with Crippen molar-refractivity contribution < 1.29 is 19.7 Å². The number of aliphatic hydroxyl groups excluding tert-OH is 2. The van der Waals surface area contributed by atoms with E-state index in [0.29, 0.717) is 0 Å². The third-order valence-corrected chi connectivity index (χ3v) is 5.55. The summed E-state index contributed by atoms with van der Waals surface area (Å²) < 4.78 is 5.77. The fourth-order valence-corrected chi connectivity index (χ4v) is 3.63. The van der Waals surface area contributed by atoms with Crippen LogP contribution in [0, 0.1) is 0 Å². The highest BCUT2D eigenvalue weighted by molar-refractivity contribution is 5.69. The summed E-state index contributed by atoms with van der Waals surface area (Å²) in [6.07, 6.45) is 6.44. The molecule has 2 N–H and O–H groups in total. The van der Waals surface area contributed by atoms with Gasteiger partial charge in [0.2, 0.25) is 0 Å². The summed E-state index contributed by atoms with van der Waals surface area (Å²) in [7, 11) is 0. The maximum atomic E-state index is 12.9. The highest BCUT2D eigenvalue weighted by atomic mass is 16.6. The van der Waals surface area contributed by atoms with Crippen LogP contribution in [-0.4, -0.2) is 51.1 Å². The van der Waals surface area contributed by atoms with E-state index in [9.17, 15) is 15.0 Å². The summed E-state index contributed by atoms with van der Waals surface area (Å²) in [5.41, 5.74) is -0.461. The van der Waals surface area contributed by atoms with Gasteiger partial charge in [-0.1, -0.05) is 6.92 Å². The van der Waals surface area contributed by atoms with Crippen LogP contribution >= 0.6 is 0 Å². The number of ether oxygens (including phenoxy) is 1. The minimum absolute atomic E-state index is 0.152. The Labute approximate surface area is 140 Å². The van der Waals surface area contributed by atoms with Gasteiger partial charge in [-0.2, -0.15) is 0 Å². The number of aliphatic hydroxyl groups is 2. The zero-order valence-electron chi connectivity index (χ0n) is 14.8. The van der Waals surface area contributed by atoms with E-state index in [0.717, 1.165) is 57.8 Å². The minimum Gasteiger partial charge on any atom is -0.443 e. The Hall–Kier alpha value is -0.810. The molecule has 2 aliphatic rings. The van der Waals surface area contributed by atoms with Crippen molar-refractivity contribution in [3.8, 4) is 0 Å². The topological polar surface area (TPSA) is 70.0 Å². The highest BCUT2D eigenvalue weighted by Crippen LogP contribution is 2.32. The van der Waals surface area contributed by atoms with Gasteiger partial charge < -0.3 is 19.8 Å². The first kappa shape index (κ1) is 18.5. The SMILES string of the molecule is CCC(C)(C)OC(=O)N(C1CCC(O)CC1)C1CCC(O)CC1. The van der Waals surface area contributed by atoms with Gasteiger partial charge in [0.15, 0.2) is 0 Å². The molecule has 0 bridgehead atoms. The molecule has 0 atom stereocenters. The van der Waals surface area contributed by atoms with Gasteiger partial charge in [0.25, 0.3) is 0 Å². The second kappa shape index (κ2) is 7.84. The smallest absolute Gasteiger partial charge is 0.410 e. The standard InChI is InChI=1S/C18H33NO4/c1-4-18(2,3)23-17(22)19(13-5-9-15(20)10-6-13)14-7-11-16(21)12-8-14/h13-16,20-21H,4-12H2,1-3H3. The van der Waals surface area contributed by atoms with Crippen LogP contribution in [0.2, 0.25) is 0 Å². The molecular formula is C18H33NO4. The fraction of sp³-hybridized carbons (Fsp3) is 0.944. The summed E-state index contributed by atoms with van der Waals surface area (Å²) in [5, 5.41) is 19.5. The molecule has 0 spiro atoms. The molecule has 2 rings (SSSR count). The Kier molecular flexibility index (Phi) is 6.32. The molecule has 5 heteroatoms. The van der Waals surface area contributed by atoms with Crippen molar-refractivity contribution in [2.24, 2.45) is 0 Å². The maximum Gasteiger partial charge on any atom is 0.410 e. The lowest BCUT2D eigenvalue weighted by Gasteiger charge is -2.43. The zero-order valence-corrected chi connectivity index (χ0v) is 14.8. The molecule has 0 aromatic carbocycles. The number of hydrogen-bond donors (Lipinski definition) is 2. The first-order valence-electron chi connectivity index (χ1n) is 9.20. The van der Waals surface area contributed by atoms with Crippen molar-refractivity contribution in [3.05, 3.63) is 0 Å². The lowest BCUT2D eigenvalue weighted by molar-refractivity contribution is -0.0267. The molecule has 0 radical (unpaired) electrons. The summed E-state index contributed by atoms with van der Waals surface area (Å²) >= 11 is 0. The molecule has 134 valence electrons. The van der Waals surface area contributed by atoms with E-state index in [1.54, 1.807) is 0 Å². The van der Waals surface area contributed by atoms with E-state index in [1.165, 1.54) is 0 Å². The second-order valence-corrected chi connectivity index (χ2v) is 7.81. The molecule has 5 nitrogen and oxygen atoms in total. The van der Waals surface area contributed by atoms with Crippen molar-refractivity contribution in [3.63, 3.8) is 0 Å². The molecule has 0 aromatic heterocycles. The summed E-state index contributed by atoms with van der Waals surface area (Å²) in [6, 6.07) is 0.303. The van der Waals surface area contributed by atoms with Crippen LogP contribution in [-0.2, 0) is 4.74 Å². The van der Waals surface area contributed by atoms with Gasteiger partial charge in [-0.3, -0.25) is 0 Å². The third-order valence-electron chi connectivity index (χ3n) is 5.55. The van der Waals surface area contributed by atoms with E-state index in [4.69, 9.17) is 4.74 Å². The van der Waals surface area contributed by atoms with Crippen molar-refractivity contribution in [2.75, 3.05) is 0 Å². The molecular weight excluding hydrogens is 294 g/mol. The number of nitrogens with zero attached hydrogens (tertiary/aromatic N) is 1. The Morgan fingerprint density at radius 2 is 1.35 bits per heavy atom. The lowest BCUT2D eigenvalue weighted by atomic mass is 9.87. The Bertz CT molecular complexity index is 360. The van der Waals surface area contributed by atoms with Crippen LogP contribution < -0.4 is 0 Å². The molecule has 2 saturated carbocycles.